The number of amides is 2. The van der Waals surface area contributed by atoms with E-state index in [1.807, 2.05) is 6.08 Å². The fourth-order valence-corrected chi connectivity index (χ4v) is 7.45. The van der Waals surface area contributed by atoms with Gasteiger partial charge in [-0.2, -0.15) is 0 Å². The molecular formula is C26H33FN2O2. The van der Waals surface area contributed by atoms with Gasteiger partial charge in [0.2, 0.25) is 0 Å². The summed E-state index contributed by atoms with van der Waals surface area (Å²) in [6.45, 7) is 6.41. The van der Waals surface area contributed by atoms with E-state index in [9.17, 15) is 14.0 Å². The number of nitrogens with one attached hydrogen (secondary N) is 2. The maximum absolute atomic E-state index is 13.9. The molecule has 1 heterocycles. The molecule has 1 aromatic rings. The molecule has 0 saturated heterocycles. The van der Waals surface area contributed by atoms with E-state index in [0.717, 1.165) is 12.3 Å². The Kier molecular flexibility index (Phi) is 4.80. The van der Waals surface area contributed by atoms with Gasteiger partial charge in [0.1, 0.15) is 11.5 Å². The third kappa shape index (κ3) is 3.23. The smallest absolute Gasteiger partial charge is 0.267 e. The number of hydrogen-bond acceptors (Lipinski definition) is 2. The highest BCUT2D eigenvalue weighted by atomic mass is 19.1. The second-order valence-electron chi connectivity index (χ2n) is 10.9. The van der Waals surface area contributed by atoms with Crippen molar-refractivity contribution in [3.8, 4) is 0 Å². The molecule has 0 bridgehead atoms. The van der Waals surface area contributed by atoms with Crippen LogP contribution in [-0.4, -0.2) is 17.9 Å². The molecule has 3 fully saturated rings. The molecule has 3 saturated carbocycles. The lowest BCUT2D eigenvalue weighted by molar-refractivity contribution is -0.123. The van der Waals surface area contributed by atoms with Gasteiger partial charge in [0.05, 0.1) is 0 Å². The number of carbonyl (C=O) groups is 2. The number of hydrogen-bond donors (Lipinski definition) is 2. The van der Waals surface area contributed by atoms with Crippen LogP contribution in [0.15, 0.2) is 30.0 Å². The van der Waals surface area contributed by atoms with Crippen LogP contribution in [0.2, 0.25) is 0 Å². The molecule has 1 aliphatic heterocycles. The second kappa shape index (κ2) is 7.18. The first-order chi connectivity index (χ1) is 14.7. The minimum atomic E-state index is -0.443. The summed E-state index contributed by atoms with van der Waals surface area (Å²) in [5.41, 5.74) is 1.35. The molecule has 2 amide bonds. The van der Waals surface area contributed by atoms with E-state index < -0.39 is 11.7 Å². The van der Waals surface area contributed by atoms with Crippen molar-refractivity contribution >= 4 is 11.8 Å². The zero-order valence-corrected chi connectivity index (χ0v) is 18.8. The lowest BCUT2D eigenvalue weighted by Gasteiger charge is -2.58. The third-order valence-corrected chi connectivity index (χ3v) is 9.24. The zero-order chi connectivity index (χ0) is 22.0. The average Bonchev–Trinajstić information content (AvgIpc) is 3.13. The molecule has 0 radical (unpaired) electrons. The van der Waals surface area contributed by atoms with Crippen LogP contribution in [-0.2, 0) is 4.79 Å². The van der Waals surface area contributed by atoms with Crippen LogP contribution < -0.4 is 10.6 Å². The summed E-state index contributed by atoms with van der Waals surface area (Å²) >= 11 is 0. The number of carbonyl (C=O) groups excluding carboxylic acids is 2. The van der Waals surface area contributed by atoms with Crippen LogP contribution in [0.25, 0.3) is 0 Å². The molecule has 4 aliphatic rings. The minimum Gasteiger partial charge on any atom is -0.347 e. The monoisotopic (exact) mass is 424 g/mol. The van der Waals surface area contributed by atoms with E-state index in [0.29, 0.717) is 28.5 Å². The summed E-state index contributed by atoms with van der Waals surface area (Å²) in [6, 6.07) is 4.53. The fraction of sp³-hybridized carbons (Fsp3) is 0.615. The van der Waals surface area contributed by atoms with Gasteiger partial charge in [0.15, 0.2) is 0 Å². The van der Waals surface area contributed by atoms with E-state index in [2.05, 4.69) is 24.5 Å². The van der Waals surface area contributed by atoms with Gasteiger partial charge >= 0.3 is 0 Å². The van der Waals surface area contributed by atoms with E-state index in [-0.39, 0.29) is 22.9 Å². The Morgan fingerprint density at radius 3 is 2.71 bits per heavy atom. The Morgan fingerprint density at radius 1 is 1.13 bits per heavy atom. The lowest BCUT2D eigenvalue weighted by atomic mass is 9.48. The maximum atomic E-state index is 13.9. The Bertz CT molecular complexity index is 972. The van der Waals surface area contributed by atoms with Crippen molar-refractivity contribution in [3.05, 3.63) is 46.9 Å². The van der Waals surface area contributed by atoms with Crippen molar-refractivity contribution in [2.75, 3.05) is 0 Å². The normalized spacial score (nSPS) is 39.0. The van der Waals surface area contributed by atoms with Crippen molar-refractivity contribution in [2.24, 2.45) is 28.6 Å². The van der Waals surface area contributed by atoms with Crippen LogP contribution in [0.4, 0.5) is 4.39 Å². The van der Waals surface area contributed by atoms with Gasteiger partial charge < -0.3 is 10.6 Å². The predicted molar refractivity (Wildman–Crippen MR) is 118 cm³/mol. The molecule has 5 rings (SSSR count). The van der Waals surface area contributed by atoms with E-state index in [4.69, 9.17) is 0 Å². The van der Waals surface area contributed by atoms with Crippen LogP contribution in [0.5, 0.6) is 0 Å². The van der Waals surface area contributed by atoms with Crippen molar-refractivity contribution in [1.29, 1.82) is 0 Å². The first-order valence-corrected chi connectivity index (χ1v) is 11.8. The molecule has 1 unspecified atom stereocenters. The lowest BCUT2D eigenvalue weighted by Crippen LogP contribution is -2.60. The Morgan fingerprint density at radius 2 is 1.94 bits per heavy atom. The summed E-state index contributed by atoms with van der Waals surface area (Å²) in [5, 5.41) is 5.98. The average molecular weight is 425 g/mol. The van der Waals surface area contributed by atoms with Gasteiger partial charge in [-0.15, -0.1) is 0 Å². The topological polar surface area (TPSA) is 58.2 Å². The molecule has 4 nitrogen and oxygen atoms in total. The van der Waals surface area contributed by atoms with E-state index in [1.165, 1.54) is 44.6 Å². The molecule has 5 heteroatoms. The minimum absolute atomic E-state index is 0.115. The second-order valence-corrected chi connectivity index (χ2v) is 10.9. The number of aryl methyl sites for hydroxylation is 1. The Balaban J connectivity index is 1.43. The largest absolute Gasteiger partial charge is 0.347 e. The van der Waals surface area contributed by atoms with Gasteiger partial charge in [0, 0.05) is 17.0 Å². The zero-order valence-electron chi connectivity index (χ0n) is 18.8. The standard InChI is InChI=1S/C26H33FN2O2/c1-15-6-7-16(13-20(15)27)23(30)28-21-14-26(3)19-10-12-25(2)11-4-5-18(25)17(19)8-9-22(26)29-24(21)31/h6-7,13-14,17-19,22H,4-5,8-12H2,1-3H3,(H,28,30)(H,29,31)/t17-,18-,19+,22?,25-,26+/m0/s1. The van der Waals surface area contributed by atoms with Crippen molar-refractivity contribution in [3.63, 3.8) is 0 Å². The number of benzene rings is 1. The number of halogens is 1. The van der Waals surface area contributed by atoms with Gasteiger partial charge in [0.25, 0.3) is 11.8 Å². The van der Waals surface area contributed by atoms with Crippen LogP contribution in [0.1, 0.15) is 74.7 Å². The molecule has 31 heavy (non-hydrogen) atoms. The van der Waals surface area contributed by atoms with Crippen molar-refractivity contribution < 1.29 is 14.0 Å². The van der Waals surface area contributed by atoms with Crippen LogP contribution in [0, 0.1) is 41.3 Å². The molecule has 0 spiro atoms. The first-order valence-electron chi connectivity index (χ1n) is 11.8. The summed E-state index contributed by atoms with van der Waals surface area (Å²) in [6.07, 6.45) is 10.7. The Hall–Kier alpha value is -2.17. The fourth-order valence-electron chi connectivity index (χ4n) is 7.45. The van der Waals surface area contributed by atoms with E-state index in [1.54, 1.807) is 19.1 Å². The Labute approximate surface area is 184 Å². The SMILES string of the molecule is Cc1ccc(C(=O)NC2=C[C@@]3(C)C(CC[C@@H]4[C@H]3CC[C@]3(C)CCC[C@@H]43)NC2=O)cc1F. The summed E-state index contributed by atoms with van der Waals surface area (Å²) in [5.74, 6) is 0.899. The molecule has 3 aliphatic carbocycles. The molecule has 1 aromatic carbocycles. The summed E-state index contributed by atoms with van der Waals surface area (Å²) in [4.78, 5) is 25.6. The molecule has 6 atom stereocenters. The molecule has 0 aromatic heterocycles. The summed E-state index contributed by atoms with van der Waals surface area (Å²) in [7, 11) is 0. The molecule has 2 N–H and O–H groups in total. The highest BCUT2D eigenvalue weighted by molar-refractivity contribution is 6.03. The predicted octanol–water partition coefficient (Wildman–Crippen LogP) is 4.88. The number of rotatable bonds is 2. The third-order valence-electron chi connectivity index (χ3n) is 9.24. The highest BCUT2D eigenvalue weighted by Crippen LogP contribution is 2.63. The highest BCUT2D eigenvalue weighted by Gasteiger charge is 2.57. The van der Waals surface area contributed by atoms with Crippen molar-refractivity contribution in [1.82, 2.24) is 10.6 Å². The maximum Gasteiger partial charge on any atom is 0.267 e. The van der Waals surface area contributed by atoms with Crippen LogP contribution in [0.3, 0.4) is 0 Å². The van der Waals surface area contributed by atoms with E-state index >= 15 is 0 Å². The van der Waals surface area contributed by atoms with Gasteiger partial charge in [-0.3, -0.25) is 9.59 Å². The summed E-state index contributed by atoms with van der Waals surface area (Å²) < 4.78 is 13.9. The van der Waals surface area contributed by atoms with Crippen molar-refractivity contribution in [2.45, 2.75) is 71.8 Å². The molecular weight excluding hydrogens is 391 g/mol. The van der Waals surface area contributed by atoms with Gasteiger partial charge in [-0.25, -0.2) is 4.39 Å². The van der Waals surface area contributed by atoms with Crippen LogP contribution >= 0.6 is 0 Å². The van der Waals surface area contributed by atoms with Gasteiger partial charge in [-0.05, 0) is 92.4 Å². The quantitative estimate of drug-likeness (QED) is 0.711. The molecule has 166 valence electrons. The van der Waals surface area contributed by atoms with Gasteiger partial charge in [-0.1, -0.05) is 26.3 Å². The number of fused-ring (bicyclic) bond motifs is 5. The first kappa shape index (κ1) is 20.7.